The molecule has 3 unspecified atom stereocenters. The van der Waals surface area contributed by atoms with Crippen molar-refractivity contribution in [1.29, 1.82) is 5.26 Å². The van der Waals surface area contributed by atoms with Crippen molar-refractivity contribution in [2.75, 3.05) is 31.6 Å². The number of pyridine rings is 2. The van der Waals surface area contributed by atoms with Gasteiger partial charge in [0.15, 0.2) is 0 Å². The molecule has 3 aliphatic rings. The molecule has 2 saturated heterocycles. The van der Waals surface area contributed by atoms with Crippen LogP contribution in [0, 0.1) is 17.2 Å². The topological polar surface area (TPSA) is 94.4 Å². The second-order valence-electron chi connectivity index (χ2n) is 9.18. The fourth-order valence-corrected chi connectivity index (χ4v) is 5.26. The second kappa shape index (κ2) is 8.06. The fraction of sp³-hybridized carbons (Fsp3) is 0.500. The predicted octanol–water partition coefficient (Wildman–Crippen LogP) is 2.06. The van der Waals surface area contributed by atoms with E-state index in [4.69, 9.17) is 10.00 Å². The second-order valence-corrected chi connectivity index (χ2v) is 9.18. The molecule has 1 N–H and O–H groups in total. The van der Waals surface area contributed by atoms with Crippen LogP contribution in [0.25, 0.3) is 0 Å². The molecule has 0 spiro atoms. The highest BCUT2D eigenvalue weighted by atomic mass is 16.5. The minimum atomic E-state index is -0.146. The summed E-state index contributed by atoms with van der Waals surface area (Å²) >= 11 is 0. The van der Waals surface area contributed by atoms with Crippen LogP contribution in [0.4, 0.5) is 5.82 Å². The molecule has 2 aliphatic heterocycles. The van der Waals surface area contributed by atoms with Crippen molar-refractivity contribution in [3.05, 3.63) is 47.8 Å². The van der Waals surface area contributed by atoms with Crippen molar-refractivity contribution >= 4 is 11.7 Å². The Morgan fingerprint density at radius 2 is 2.16 bits per heavy atom. The van der Waals surface area contributed by atoms with Crippen molar-refractivity contribution < 1.29 is 9.53 Å². The Balaban J connectivity index is 1.24. The quantitative estimate of drug-likeness (QED) is 0.747. The molecular weight excluding hydrogens is 404 g/mol. The van der Waals surface area contributed by atoms with E-state index >= 15 is 0 Å². The first kappa shape index (κ1) is 20.7. The molecule has 5 rings (SSSR count). The van der Waals surface area contributed by atoms with Gasteiger partial charge < -0.3 is 14.5 Å². The van der Waals surface area contributed by atoms with Gasteiger partial charge in [0.25, 0.3) is 0 Å². The maximum atomic E-state index is 13.1. The number of carbonyl (C=O) groups excluding carboxylic acids is 1. The first-order valence-electron chi connectivity index (χ1n) is 11.2. The van der Waals surface area contributed by atoms with E-state index < -0.39 is 0 Å². The Kier molecular flexibility index (Phi) is 5.22. The normalized spacial score (nSPS) is 25.3. The molecule has 2 aromatic heterocycles. The zero-order chi connectivity index (χ0) is 22.3. The van der Waals surface area contributed by atoms with Crippen molar-refractivity contribution in [2.24, 2.45) is 5.92 Å². The van der Waals surface area contributed by atoms with Crippen molar-refractivity contribution in [2.45, 2.75) is 43.8 Å². The van der Waals surface area contributed by atoms with Gasteiger partial charge in [-0.05, 0) is 48.9 Å². The molecule has 2 bridgehead atoms. The van der Waals surface area contributed by atoms with Gasteiger partial charge in [0.2, 0.25) is 11.8 Å². The van der Waals surface area contributed by atoms with Crippen LogP contribution in [0.15, 0.2) is 36.7 Å². The highest BCUT2D eigenvalue weighted by molar-refractivity contribution is 5.79. The molecular formula is C24H28N6O2. The molecule has 4 heterocycles. The number of piperazine rings is 1. The monoisotopic (exact) mass is 432 g/mol. The molecule has 0 aromatic carbocycles. The number of nitrogens with zero attached hydrogens (tertiary/aromatic N) is 5. The van der Waals surface area contributed by atoms with Gasteiger partial charge in [-0.1, -0.05) is 6.92 Å². The summed E-state index contributed by atoms with van der Waals surface area (Å²) in [5.74, 6) is 2.13. The fourth-order valence-electron chi connectivity index (χ4n) is 5.26. The summed E-state index contributed by atoms with van der Waals surface area (Å²) in [6.07, 6.45) is 6.45. The maximum Gasteiger partial charge on any atom is 0.236 e. The number of fused-ring (bicyclic) bond motifs is 2. The van der Waals surface area contributed by atoms with Gasteiger partial charge in [0, 0.05) is 43.1 Å². The lowest BCUT2D eigenvalue weighted by Crippen LogP contribution is -2.58. The summed E-state index contributed by atoms with van der Waals surface area (Å²) in [7, 11) is 1.62. The van der Waals surface area contributed by atoms with E-state index in [1.165, 1.54) is 0 Å². The van der Waals surface area contributed by atoms with Gasteiger partial charge in [-0.3, -0.25) is 10.1 Å². The Labute approximate surface area is 188 Å². The van der Waals surface area contributed by atoms with E-state index in [1.807, 2.05) is 29.2 Å². The van der Waals surface area contributed by atoms with Gasteiger partial charge in [-0.25, -0.2) is 9.97 Å². The number of aromatic nitrogens is 2. The maximum absolute atomic E-state index is 13.1. The van der Waals surface area contributed by atoms with Crippen LogP contribution in [0.3, 0.4) is 0 Å². The van der Waals surface area contributed by atoms with Crippen LogP contribution in [-0.2, 0) is 10.3 Å². The van der Waals surface area contributed by atoms with Crippen LogP contribution in [0.5, 0.6) is 5.88 Å². The number of nitrogens with one attached hydrogen (secondary N) is 1. The Morgan fingerprint density at radius 3 is 2.81 bits per heavy atom. The lowest BCUT2D eigenvalue weighted by molar-refractivity contribution is -0.131. The molecule has 1 amide bonds. The highest BCUT2D eigenvalue weighted by Crippen LogP contribution is 2.46. The number of anilines is 1. The average Bonchev–Trinajstić information content (AvgIpc) is 3.60. The van der Waals surface area contributed by atoms with Gasteiger partial charge >= 0.3 is 0 Å². The highest BCUT2D eigenvalue weighted by Gasteiger charge is 2.47. The van der Waals surface area contributed by atoms with E-state index in [-0.39, 0.29) is 23.5 Å². The van der Waals surface area contributed by atoms with Crippen molar-refractivity contribution in [3.8, 4) is 11.9 Å². The smallest absolute Gasteiger partial charge is 0.236 e. The van der Waals surface area contributed by atoms with Crippen LogP contribution in [0.1, 0.15) is 37.3 Å². The third kappa shape index (κ3) is 3.67. The summed E-state index contributed by atoms with van der Waals surface area (Å²) in [6, 6.07) is 10.3. The van der Waals surface area contributed by atoms with Crippen LogP contribution >= 0.6 is 0 Å². The van der Waals surface area contributed by atoms with E-state index in [2.05, 4.69) is 33.2 Å². The molecule has 8 nitrogen and oxygen atoms in total. The molecule has 166 valence electrons. The Morgan fingerprint density at radius 1 is 1.31 bits per heavy atom. The third-order valence-corrected chi connectivity index (χ3v) is 7.21. The predicted molar refractivity (Wildman–Crippen MR) is 119 cm³/mol. The van der Waals surface area contributed by atoms with Gasteiger partial charge in [0.05, 0.1) is 25.3 Å². The number of methoxy groups -OCH3 is 1. The van der Waals surface area contributed by atoms with Crippen LogP contribution < -0.4 is 15.0 Å². The van der Waals surface area contributed by atoms with Gasteiger partial charge in [0.1, 0.15) is 11.9 Å². The first-order chi connectivity index (χ1) is 15.5. The number of hydrogen-bond donors (Lipinski definition) is 1. The van der Waals surface area contributed by atoms with Crippen molar-refractivity contribution in [3.63, 3.8) is 0 Å². The lowest BCUT2D eigenvalue weighted by Gasteiger charge is -2.42. The van der Waals surface area contributed by atoms with E-state index in [0.29, 0.717) is 37.0 Å². The summed E-state index contributed by atoms with van der Waals surface area (Å²) in [6.45, 7) is 3.99. The first-order valence-corrected chi connectivity index (χ1v) is 11.2. The number of likely N-dealkylation sites (tertiary alicyclic amines) is 1. The molecule has 3 atom stereocenters. The number of hydrogen-bond acceptors (Lipinski definition) is 7. The molecule has 0 radical (unpaired) electrons. The van der Waals surface area contributed by atoms with Gasteiger partial charge in [-0.15, -0.1) is 0 Å². The number of carbonyl (C=O) groups is 1. The van der Waals surface area contributed by atoms with Crippen LogP contribution in [0.2, 0.25) is 0 Å². The summed E-state index contributed by atoms with van der Waals surface area (Å²) in [4.78, 5) is 26.2. The largest absolute Gasteiger partial charge is 0.481 e. The minimum absolute atomic E-state index is 0.146. The molecule has 2 aromatic rings. The molecule has 3 fully saturated rings. The Bertz CT molecular complexity index is 1050. The average molecular weight is 433 g/mol. The SMILES string of the molecule is COc1cc(C2(NCC(=O)N3CC4CC(C)C(C3)N4c3ccc(C#N)cn3)CC2)ccn1. The Hall–Kier alpha value is -3.18. The third-order valence-electron chi connectivity index (χ3n) is 7.21. The standard InChI is InChI=1S/C24H28N6O2/c1-16-9-19-14-29(15-20(16)30(19)21-4-3-17(11-25)12-27-21)23(31)13-28-24(6-7-24)18-5-8-26-22(10-18)32-2/h3-5,8,10,12,16,19-20,28H,6-7,9,13-15H2,1-2H3. The number of rotatable bonds is 6. The van der Waals surface area contributed by atoms with Crippen LogP contribution in [-0.4, -0.2) is 59.6 Å². The molecule has 1 saturated carbocycles. The number of ether oxygens (including phenoxy) is 1. The van der Waals surface area contributed by atoms with E-state index in [9.17, 15) is 4.79 Å². The molecule has 8 heteroatoms. The lowest BCUT2D eigenvalue weighted by atomic mass is 10.0. The van der Waals surface area contributed by atoms with E-state index in [0.717, 1.165) is 30.6 Å². The summed E-state index contributed by atoms with van der Waals surface area (Å²) in [5, 5.41) is 12.6. The summed E-state index contributed by atoms with van der Waals surface area (Å²) in [5.41, 5.74) is 1.55. The van der Waals surface area contributed by atoms with Gasteiger partial charge in [-0.2, -0.15) is 5.26 Å². The zero-order valence-corrected chi connectivity index (χ0v) is 18.5. The van der Waals surface area contributed by atoms with Crippen molar-refractivity contribution in [1.82, 2.24) is 20.2 Å². The van der Waals surface area contributed by atoms with E-state index in [1.54, 1.807) is 19.5 Å². The summed E-state index contributed by atoms with van der Waals surface area (Å²) < 4.78 is 5.26. The number of amides is 1. The minimum Gasteiger partial charge on any atom is -0.481 e. The number of nitriles is 1. The zero-order valence-electron chi connectivity index (χ0n) is 18.5. The molecule has 1 aliphatic carbocycles. The molecule has 32 heavy (non-hydrogen) atoms.